The van der Waals surface area contributed by atoms with E-state index in [1.54, 1.807) is 6.07 Å². The van der Waals surface area contributed by atoms with Crippen LogP contribution in [0.1, 0.15) is 13.8 Å². The van der Waals surface area contributed by atoms with Gasteiger partial charge in [0, 0.05) is 6.07 Å². The van der Waals surface area contributed by atoms with Crippen LogP contribution in [0.15, 0.2) is 12.1 Å². The Kier molecular flexibility index (Phi) is 5.53. The third kappa shape index (κ3) is 5.53. The van der Waals surface area contributed by atoms with Gasteiger partial charge >= 0.3 is 0 Å². The Morgan fingerprint density at radius 3 is 1.96 bits per heavy atom. The van der Waals surface area contributed by atoms with Crippen molar-refractivity contribution in [1.29, 1.82) is 0 Å². The highest BCUT2D eigenvalue weighted by Gasteiger charge is 2.27. The van der Waals surface area contributed by atoms with E-state index in [1.807, 2.05) is 19.9 Å². The van der Waals surface area contributed by atoms with Crippen molar-refractivity contribution >= 4 is 0 Å². The second-order valence-corrected chi connectivity index (χ2v) is 5.25. The van der Waals surface area contributed by atoms with E-state index in [4.69, 9.17) is 28.4 Å². The van der Waals surface area contributed by atoms with Gasteiger partial charge in [0.2, 0.25) is 5.88 Å². The highest BCUT2D eigenvalue weighted by Crippen LogP contribution is 2.29. The number of aromatic nitrogens is 1. The van der Waals surface area contributed by atoms with Crippen molar-refractivity contribution in [2.24, 2.45) is 0 Å². The SMILES string of the molecule is CC.c1cc(OCC2CO2)c(OCC2CO2)nc1OCC1CO1. The molecule has 0 aliphatic carbocycles. The molecule has 0 bridgehead atoms. The number of epoxide rings is 3. The van der Waals surface area contributed by atoms with Crippen LogP contribution >= 0.6 is 0 Å². The zero-order valence-electron chi connectivity index (χ0n) is 13.5. The highest BCUT2D eigenvalue weighted by molar-refractivity contribution is 5.37. The molecule has 7 nitrogen and oxygen atoms in total. The molecule has 0 radical (unpaired) electrons. The molecule has 3 aliphatic heterocycles. The van der Waals surface area contributed by atoms with Gasteiger partial charge < -0.3 is 28.4 Å². The number of nitrogens with zero attached hydrogens (tertiary/aromatic N) is 1. The molecular formula is C16H23NO6. The summed E-state index contributed by atoms with van der Waals surface area (Å²) in [7, 11) is 0. The summed E-state index contributed by atoms with van der Waals surface area (Å²) in [5.41, 5.74) is 0. The minimum Gasteiger partial charge on any atom is -0.485 e. The van der Waals surface area contributed by atoms with E-state index in [9.17, 15) is 0 Å². The molecule has 0 amide bonds. The fourth-order valence-electron chi connectivity index (χ4n) is 1.73. The van der Waals surface area contributed by atoms with Crippen LogP contribution in [-0.2, 0) is 14.2 Å². The molecule has 1 aromatic rings. The Morgan fingerprint density at radius 2 is 1.39 bits per heavy atom. The van der Waals surface area contributed by atoms with E-state index >= 15 is 0 Å². The molecule has 4 rings (SSSR count). The first kappa shape index (κ1) is 16.3. The third-order valence-corrected chi connectivity index (χ3v) is 3.25. The molecule has 4 heterocycles. The summed E-state index contributed by atoms with van der Waals surface area (Å²) in [6.07, 6.45) is 0.544. The number of pyridine rings is 1. The van der Waals surface area contributed by atoms with Crippen LogP contribution in [0.3, 0.4) is 0 Å². The molecule has 128 valence electrons. The lowest BCUT2D eigenvalue weighted by Gasteiger charge is -2.12. The predicted octanol–water partition coefficient (Wildman–Crippen LogP) is 1.44. The molecule has 0 saturated carbocycles. The monoisotopic (exact) mass is 325 g/mol. The van der Waals surface area contributed by atoms with Crippen LogP contribution in [0, 0.1) is 0 Å². The summed E-state index contributed by atoms with van der Waals surface area (Å²) in [4.78, 5) is 4.35. The zero-order chi connectivity index (χ0) is 16.1. The van der Waals surface area contributed by atoms with Gasteiger partial charge in [0.25, 0.3) is 5.88 Å². The van der Waals surface area contributed by atoms with Crippen LogP contribution in [0.5, 0.6) is 17.5 Å². The molecule has 0 N–H and O–H groups in total. The lowest BCUT2D eigenvalue weighted by atomic mass is 10.4. The molecule has 3 atom stereocenters. The maximum Gasteiger partial charge on any atom is 0.260 e. The molecule has 1 aromatic heterocycles. The normalized spacial score (nSPS) is 26.6. The molecular weight excluding hydrogens is 302 g/mol. The Morgan fingerprint density at radius 1 is 0.870 bits per heavy atom. The van der Waals surface area contributed by atoms with Crippen molar-refractivity contribution in [3.63, 3.8) is 0 Å². The predicted molar refractivity (Wildman–Crippen MR) is 81.3 cm³/mol. The third-order valence-electron chi connectivity index (χ3n) is 3.25. The van der Waals surface area contributed by atoms with Gasteiger partial charge in [-0.15, -0.1) is 0 Å². The van der Waals surface area contributed by atoms with Gasteiger partial charge in [-0.1, -0.05) is 13.8 Å². The summed E-state index contributed by atoms with van der Waals surface area (Å²) in [6, 6.07) is 3.58. The van der Waals surface area contributed by atoms with Crippen LogP contribution in [-0.4, -0.2) is 62.9 Å². The van der Waals surface area contributed by atoms with Crippen LogP contribution in [0.25, 0.3) is 0 Å². The van der Waals surface area contributed by atoms with Gasteiger partial charge in [-0.2, -0.15) is 4.98 Å². The first-order chi connectivity index (χ1) is 11.4. The van der Waals surface area contributed by atoms with Crippen molar-refractivity contribution < 1.29 is 28.4 Å². The van der Waals surface area contributed by atoms with Crippen molar-refractivity contribution in [3.8, 4) is 17.5 Å². The van der Waals surface area contributed by atoms with Crippen LogP contribution < -0.4 is 14.2 Å². The van der Waals surface area contributed by atoms with Gasteiger partial charge in [0.05, 0.1) is 19.8 Å². The smallest absolute Gasteiger partial charge is 0.260 e. The standard InChI is InChI=1S/C14H17NO6.C2H6/c1-2-13(20-7-10-4-17-10)15-14(21-8-11-5-18-11)12(1)19-6-9-3-16-9;1-2/h1-2,9-11H,3-8H2;1-2H3. The van der Waals surface area contributed by atoms with E-state index in [0.717, 1.165) is 19.8 Å². The minimum absolute atomic E-state index is 0.163. The molecule has 3 aliphatic rings. The maximum atomic E-state index is 5.67. The van der Waals surface area contributed by atoms with Gasteiger partial charge in [0.1, 0.15) is 38.1 Å². The fourth-order valence-corrected chi connectivity index (χ4v) is 1.73. The first-order valence-electron chi connectivity index (χ1n) is 8.11. The van der Waals surface area contributed by atoms with Crippen LogP contribution in [0.2, 0.25) is 0 Å². The largest absolute Gasteiger partial charge is 0.485 e. The summed E-state index contributed by atoms with van der Waals surface area (Å²) in [6.45, 7) is 7.73. The molecule has 3 saturated heterocycles. The van der Waals surface area contributed by atoms with E-state index in [-0.39, 0.29) is 18.3 Å². The minimum atomic E-state index is 0.163. The first-order valence-corrected chi connectivity index (χ1v) is 8.11. The molecule has 3 fully saturated rings. The average Bonchev–Trinajstić information content (AvgIpc) is 3.44. The quantitative estimate of drug-likeness (QED) is 0.636. The molecule has 0 spiro atoms. The van der Waals surface area contributed by atoms with Gasteiger partial charge in [-0.25, -0.2) is 0 Å². The van der Waals surface area contributed by atoms with Crippen molar-refractivity contribution in [1.82, 2.24) is 4.98 Å². The second-order valence-electron chi connectivity index (χ2n) is 5.25. The summed E-state index contributed by atoms with van der Waals surface area (Å²) < 4.78 is 32.3. The van der Waals surface area contributed by atoms with Crippen molar-refractivity contribution in [2.45, 2.75) is 32.2 Å². The molecule has 7 heteroatoms. The number of ether oxygens (including phenoxy) is 6. The van der Waals surface area contributed by atoms with Crippen LogP contribution in [0.4, 0.5) is 0 Å². The molecule has 23 heavy (non-hydrogen) atoms. The van der Waals surface area contributed by atoms with Gasteiger partial charge in [0.15, 0.2) is 5.75 Å². The van der Waals surface area contributed by atoms with Crippen molar-refractivity contribution in [3.05, 3.63) is 12.1 Å². The summed E-state index contributed by atoms with van der Waals surface area (Å²) >= 11 is 0. The van der Waals surface area contributed by atoms with E-state index < -0.39 is 0 Å². The number of rotatable bonds is 9. The topological polar surface area (TPSA) is 78.2 Å². The highest BCUT2D eigenvalue weighted by atomic mass is 16.6. The Bertz CT molecular complexity index is 499. The van der Waals surface area contributed by atoms with E-state index in [2.05, 4.69) is 4.98 Å². The molecule has 3 unspecified atom stereocenters. The van der Waals surface area contributed by atoms with Crippen molar-refractivity contribution in [2.75, 3.05) is 39.6 Å². The average molecular weight is 325 g/mol. The summed E-state index contributed by atoms with van der Waals surface area (Å²) in [5, 5.41) is 0. The Balaban J connectivity index is 0.000000753. The van der Waals surface area contributed by atoms with Gasteiger partial charge in [-0.3, -0.25) is 0 Å². The van der Waals surface area contributed by atoms with E-state index in [1.165, 1.54) is 0 Å². The molecule has 0 aromatic carbocycles. The number of hydrogen-bond donors (Lipinski definition) is 0. The Hall–Kier alpha value is -1.57. The Labute approximate surface area is 135 Å². The number of hydrogen-bond acceptors (Lipinski definition) is 7. The summed E-state index contributed by atoms with van der Waals surface area (Å²) in [5.74, 6) is 1.54. The van der Waals surface area contributed by atoms with Gasteiger partial charge in [-0.05, 0) is 6.07 Å². The fraction of sp³-hybridized carbons (Fsp3) is 0.688. The maximum absolute atomic E-state index is 5.67. The van der Waals surface area contributed by atoms with E-state index in [0.29, 0.717) is 37.3 Å². The zero-order valence-corrected chi connectivity index (χ0v) is 13.5. The lowest BCUT2D eigenvalue weighted by molar-refractivity contribution is 0.214. The second kappa shape index (κ2) is 7.81. The lowest BCUT2D eigenvalue weighted by Crippen LogP contribution is -2.11.